The Kier molecular flexibility index (Phi) is 2.67. The summed E-state index contributed by atoms with van der Waals surface area (Å²) in [5.41, 5.74) is 3.46. The lowest BCUT2D eigenvalue weighted by molar-refractivity contribution is 0.670. The van der Waals surface area contributed by atoms with E-state index in [0.717, 1.165) is 27.5 Å². The number of fused-ring (bicyclic) bond motifs is 3. The first-order valence-corrected chi connectivity index (χ1v) is 11.6. The fourth-order valence-electron chi connectivity index (χ4n) is 3.02. The van der Waals surface area contributed by atoms with Gasteiger partial charge in [-0.1, -0.05) is 55.2 Å². The van der Waals surface area contributed by atoms with Crippen molar-refractivity contribution in [2.75, 3.05) is 0 Å². The molecule has 0 radical (unpaired) electrons. The summed E-state index contributed by atoms with van der Waals surface area (Å²) >= 11 is 0. The highest BCUT2D eigenvalue weighted by atomic mass is 28.3. The topological polar surface area (TPSA) is 26.0 Å². The van der Waals surface area contributed by atoms with Crippen LogP contribution in [-0.2, 0) is 0 Å². The Hall–Kier alpha value is -2.39. The molecule has 0 aliphatic heterocycles. The Bertz CT molecular complexity index is 1140. The molecule has 24 heavy (non-hydrogen) atoms. The van der Waals surface area contributed by atoms with Gasteiger partial charge in [0.05, 0.1) is 13.8 Å². The van der Waals surface area contributed by atoms with E-state index in [9.17, 15) is 0 Å². The molecule has 0 atom stereocenters. The zero-order chi connectivity index (χ0) is 19.4. The fourth-order valence-corrected chi connectivity index (χ4v) is 4.18. The minimum absolute atomic E-state index is 0.239. The lowest BCUT2D eigenvalue weighted by Gasteiger charge is -2.16. The van der Waals surface area contributed by atoms with Crippen LogP contribution in [0.1, 0.15) is 9.68 Å². The molecule has 0 saturated carbocycles. The van der Waals surface area contributed by atoms with Gasteiger partial charge in [-0.3, -0.25) is 4.98 Å². The van der Waals surface area contributed by atoms with Crippen LogP contribution >= 0.6 is 0 Å². The quantitative estimate of drug-likeness (QED) is 0.452. The largest absolute Gasteiger partial charge is 0.455 e. The number of furan rings is 1. The molecule has 2 aromatic heterocycles. The van der Waals surface area contributed by atoms with Gasteiger partial charge < -0.3 is 4.42 Å². The molecule has 120 valence electrons. The van der Waals surface area contributed by atoms with Crippen LogP contribution in [0.2, 0.25) is 19.6 Å². The van der Waals surface area contributed by atoms with Gasteiger partial charge in [0, 0.05) is 26.6 Å². The van der Waals surface area contributed by atoms with Gasteiger partial charge in [-0.05, 0) is 30.6 Å². The lowest BCUT2D eigenvalue weighted by atomic mass is 10.1. The molecular formula is C21H21NOSi. The van der Waals surface area contributed by atoms with Crippen molar-refractivity contribution in [3.05, 3.63) is 60.3 Å². The van der Waals surface area contributed by atoms with E-state index < -0.39 is 14.9 Å². The van der Waals surface area contributed by atoms with Gasteiger partial charge in [0.2, 0.25) is 0 Å². The molecule has 0 unspecified atom stereocenters. The van der Waals surface area contributed by atoms with Crippen molar-refractivity contribution < 1.29 is 8.53 Å². The average molecular weight is 335 g/mol. The molecule has 2 heterocycles. The van der Waals surface area contributed by atoms with Crippen molar-refractivity contribution >= 4 is 35.2 Å². The summed E-state index contributed by atoms with van der Waals surface area (Å²) in [5, 5.41) is 3.57. The average Bonchev–Trinajstić information content (AvgIpc) is 2.98. The summed E-state index contributed by atoms with van der Waals surface area (Å²) in [4.78, 5) is 4.38. The highest BCUT2D eigenvalue weighted by Gasteiger charge is 2.19. The molecule has 2 aromatic carbocycles. The number of aryl methyl sites for hydroxylation is 1. The van der Waals surface area contributed by atoms with E-state index >= 15 is 0 Å². The van der Waals surface area contributed by atoms with Crippen molar-refractivity contribution in [1.29, 1.82) is 0 Å². The summed E-state index contributed by atoms with van der Waals surface area (Å²) in [6, 6.07) is 15.8. The zero-order valence-corrected chi connectivity index (χ0v) is 15.1. The summed E-state index contributed by atoms with van der Waals surface area (Å²) in [6.45, 7) is 4.85. The third-order valence-electron chi connectivity index (χ3n) is 4.40. The highest BCUT2D eigenvalue weighted by Crippen LogP contribution is 2.34. The van der Waals surface area contributed by atoms with Crippen LogP contribution < -0.4 is 5.19 Å². The number of hydrogen-bond donors (Lipinski definition) is 0. The maximum absolute atomic E-state index is 7.50. The summed E-state index contributed by atoms with van der Waals surface area (Å²) in [7, 11) is -1.42. The molecular weight excluding hydrogens is 310 g/mol. The molecule has 0 fully saturated rings. The summed E-state index contributed by atoms with van der Waals surface area (Å²) in [6.07, 6.45) is 1.42. The Morgan fingerprint density at radius 3 is 2.58 bits per heavy atom. The second-order valence-electron chi connectivity index (χ2n) is 7.18. The fraction of sp³-hybridized carbons (Fsp3) is 0.190. The van der Waals surface area contributed by atoms with Gasteiger partial charge in [-0.15, -0.1) is 0 Å². The van der Waals surface area contributed by atoms with E-state index in [4.69, 9.17) is 8.53 Å². The minimum Gasteiger partial charge on any atom is -0.455 e. The van der Waals surface area contributed by atoms with Crippen LogP contribution in [0.25, 0.3) is 33.2 Å². The van der Waals surface area contributed by atoms with Crippen molar-refractivity contribution in [1.82, 2.24) is 4.98 Å². The van der Waals surface area contributed by atoms with Crippen molar-refractivity contribution in [2.45, 2.75) is 26.5 Å². The van der Waals surface area contributed by atoms with Gasteiger partial charge in [0.1, 0.15) is 11.2 Å². The van der Waals surface area contributed by atoms with Crippen molar-refractivity contribution in [3.63, 3.8) is 0 Å². The first-order valence-electron chi connectivity index (χ1n) is 9.57. The van der Waals surface area contributed by atoms with Gasteiger partial charge >= 0.3 is 0 Å². The number of aromatic nitrogens is 1. The Morgan fingerprint density at radius 2 is 1.88 bits per heavy atom. The Labute approximate surface area is 147 Å². The SMILES string of the molecule is [2H]C([2H])([2H])c1ccc(-c2cccc3c2oc2ccc([Si](C)(C)C)cc23)nc1. The number of benzene rings is 2. The zero-order valence-electron chi connectivity index (χ0n) is 17.1. The number of nitrogens with zero attached hydrogens (tertiary/aromatic N) is 1. The molecule has 2 nitrogen and oxygen atoms in total. The van der Waals surface area contributed by atoms with E-state index in [1.54, 1.807) is 12.1 Å². The normalized spacial score (nSPS) is 14.5. The number of rotatable bonds is 2. The minimum atomic E-state index is -2.15. The third-order valence-corrected chi connectivity index (χ3v) is 6.45. The molecule has 0 N–H and O–H groups in total. The first kappa shape index (κ1) is 12.0. The molecule has 0 aliphatic carbocycles. The second kappa shape index (κ2) is 5.31. The lowest BCUT2D eigenvalue weighted by Crippen LogP contribution is -2.37. The van der Waals surface area contributed by atoms with E-state index in [-0.39, 0.29) is 5.56 Å². The van der Waals surface area contributed by atoms with Crippen LogP contribution in [-0.4, -0.2) is 13.1 Å². The third kappa shape index (κ3) is 2.45. The van der Waals surface area contributed by atoms with E-state index in [2.05, 4.69) is 48.9 Å². The number of para-hydroxylation sites is 1. The van der Waals surface area contributed by atoms with E-state index in [1.165, 1.54) is 11.4 Å². The maximum atomic E-state index is 7.50. The first-order chi connectivity index (χ1) is 12.6. The predicted octanol–water partition coefficient (Wildman–Crippen LogP) is 5.50. The Morgan fingerprint density at radius 1 is 1.00 bits per heavy atom. The molecule has 0 bridgehead atoms. The molecule has 0 spiro atoms. The van der Waals surface area contributed by atoms with Crippen LogP contribution in [0.15, 0.2) is 59.1 Å². The van der Waals surface area contributed by atoms with Crippen LogP contribution in [0, 0.1) is 6.85 Å². The van der Waals surface area contributed by atoms with Gasteiger partial charge in [0.15, 0.2) is 0 Å². The number of hydrogen-bond acceptors (Lipinski definition) is 2. The van der Waals surface area contributed by atoms with Crippen LogP contribution in [0.5, 0.6) is 0 Å². The predicted molar refractivity (Wildman–Crippen MR) is 105 cm³/mol. The van der Waals surface area contributed by atoms with Crippen molar-refractivity contribution in [2.24, 2.45) is 0 Å². The molecule has 0 saturated heterocycles. The maximum Gasteiger partial charge on any atom is 0.144 e. The highest BCUT2D eigenvalue weighted by molar-refractivity contribution is 6.88. The summed E-state index contributed by atoms with van der Waals surface area (Å²) in [5.74, 6) is 0. The number of pyridine rings is 1. The second-order valence-corrected chi connectivity index (χ2v) is 12.3. The molecule has 4 aromatic rings. The van der Waals surface area contributed by atoms with Gasteiger partial charge in [-0.25, -0.2) is 0 Å². The van der Waals surface area contributed by atoms with E-state index in [0.29, 0.717) is 5.69 Å². The standard InChI is InChI=1S/C21H21NOSi/c1-14-8-10-19(22-13-14)17-7-5-6-16-18-12-15(24(2,3)4)9-11-20(18)23-21(16)17/h5-13H,1-4H3/i1D3. The van der Waals surface area contributed by atoms with Gasteiger partial charge in [0.25, 0.3) is 0 Å². The molecule has 0 aliphatic rings. The monoisotopic (exact) mass is 334 g/mol. The van der Waals surface area contributed by atoms with Gasteiger partial charge in [-0.2, -0.15) is 0 Å². The smallest absolute Gasteiger partial charge is 0.144 e. The van der Waals surface area contributed by atoms with Crippen molar-refractivity contribution in [3.8, 4) is 11.3 Å². The molecule has 3 heteroatoms. The van der Waals surface area contributed by atoms with Crippen LogP contribution in [0.4, 0.5) is 0 Å². The van der Waals surface area contributed by atoms with Crippen LogP contribution in [0.3, 0.4) is 0 Å². The summed E-state index contributed by atoms with van der Waals surface area (Å²) < 4.78 is 28.7. The Balaban J connectivity index is 1.90. The molecule has 0 amide bonds. The molecule has 4 rings (SSSR count). The van der Waals surface area contributed by atoms with E-state index in [1.807, 2.05) is 12.1 Å².